The Bertz CT molecular complexity index is 463. The fourth-order valence-corrected chi connectivity index (χ4v) is 2.30. The Kier molecular flexibility index (Phi) is 4.03. The molecule has 0 saturated heterocycles. The molecule has 2 rings (SSSR count). The van der Waals surface area contributed by atoms with Gasteiger partial charge in [-0.3, -0.25) is 14.8 Å². The van der Waals surface area contributed by atoms with Gasteiger partial charge in [0.1, 0.15) is 0 Å². The topological polar surface area (TPSA) is 96.2 Å². The number of carbonyl (C=O) groups excluding carboxylic acids is 1. The van der Waals surface area contributed by atoms with Gasteiger partial charge in [-0.05, 0) is 25.7 Å². The molecule has 3 N–H and O–H groups in total. The first-order valence-corrected chi connectivity index (χ1v) is 6.34. The zero-order valence-corrected chi connectivity index (χ0v) is 10.8. The summed E-state index contributed by atoms with van der Waals surface area (Å²) in [7, 11) is 1.77. The van der Waals surface area contributed by atoms with E-state index in [9.17, 15) is 9.59 Å². The second kappa shape index (κ2) is 5.73. The smallest absolute Gasteiger partial charge is 0.320 e. The average Bonchev–Trinajstić information content (AvgIpc) is 2.75. The van der Waals surface area contributed by atoms with Gasteiger partial charge in [-0.25, -0.2) is 4.79 Å². The molecule has 1 heterocycles. The first kappa shape index (κ1) is 13.4. The number of aromatic nitrogens is 2. The molecule has 1 aromatic heterocycles. The summed E-state index contributed by atoms with van der Waals surface area (Å²) in [5.41, 5.74) is 0. The zero-order chi connectivity index (χ0) is 13.8. The van der Waals surface area contributed by atoms with Crippen molar-refractivity contribution >= 4 is 17.8 Å². The second-order valence-corrected chi connectivity index (χ2v) is 4.86. The number of urea groups is 1. The van der Waals surface area contributed by atoms with Crippen molar-refractivity contribution in [1.82, 2.24) is 15.1 Å². The summed E-state index contributed by atoms with van der Waals surface area (Å²) in [5.74, 6) is -0.507. The van der Waals surface area contributed by atoms with Gasteiger partial charge in [-0.15, -0.1) is 0 Å². The molecule has 7 heteroatoms. The standard InChI is InChI=1S/C12H18N4O3/c1-16-7-6-10(15-16)14-12(19)13-9-4-2-8(3-5-9)11(17)18/h6-9H,2-5H2,1H3,(H,17,18)(H2,13,14,15,19). The molecular weight excluding hydrogens is 248 g/mol. The number of carboxylic acid groups (broad SMARTS) is 1. The highest BCUT2D eigenvalue weighted by molar-refractivity contribution is 5.88. The predicted octanol–water partition coefficient (Wildman–Crippen LogP) is 1.18. The second-order valence-electron chi connectivity index (χ2n) is 4.86. The number of nitrogens with one attached hydrogen (secondary N) is 2. The molecule has 0 aromatic carbocycles. The number of anilines is 1. The maximum absolute atomic E-state index is 11.7. The summed E-state index contributed by atoms with van der Waals surface area (Å²) >= 11 is 0. The van der Waals surface area contributed by atoms with Crippen LogP contribution < -0.4 is 10.6 Å². The van der Waals surface area contributed by atoms with Crippen molar-refractivity contribution in [3.05, 3.63) is 12.3 Å². The van der Waals surface area contributed by atoms with Crippen LogP contribution in [0.2, 0.25) is 0 Å². The highest BCUT2D eigenvalue weighted by Crippen LogP contribution is 2.24. The number of carbonyl (C=O) groups is 2. The lowest BCUT2D eigenvalue weighted by atomic mass is 9.86. The monoisotopic (exact) mass is 266 g/mol. The molecular formula is C12H18N4O3. The lowest BCUT2D eigenvalue weighted by molar-refractivity contribution is -0.142. The summed E-state index contributed by atoms with van der Waals surface area (Å²) in [6.45, 7) is 0. The summed E-state index contributed by atoms with van der Waals surface area (Å²) in [6, 6.07) is 1.46. The highest BCUT2D eigenvalue weighted by Gasteiger charge is 2.26. The van der Waals surface area contributed by atoms with Crippen LogP contribution in [0.1, 0.15) is 25.7 Å². The Morgan fingerprint density at radius 2 is 2.05 bits per heavy atom. The van der Waals surface area contributed by atoms with Crippen LogP contribution in [0.3, 0.4) is 0 Å². The molecule has 1 aliphatic rings. The average molecular weight is 266 g/mol. The molecule has 104 valence electrons. The van der Waals surface area contributed by atoms with Crippen molar-refractivity contribution in [3.8, 4) is 0 Å². The van der Waals surface area contributed by atoms with Crippen molar-refractivity contribution < 1.29 is 14.7 Å². The van der Waals surface area contributed by atoms with Gasteiger partial charge in [0.15, 0.2) is 5.82 Å². The molecule has 0 aliphatic heterocycles. The third-order valence-corrected chi connectivity index (χ3v) is 3.37. The van der Waals surface area contributed by atoms with E-state index in [1.807, 2.05) is 0 Å². The van der Waals surface area contributed by atoms with Crippen molar-refractivity contribution in [1.29, 1.82) is 0 Å². The lowest BCUT2D eigenvalue weighted by Gasteiger charge is -2.26. The number of aryl methyl sites for hydroxylation is 1. The first-order valence-electron chi connectivity index (χ1n) is 6.34. The number of amides is 2. The first-order chi connectivity index (χ1) is 9.04. The fourth-order valence-electron chi connectivity index (χ4n) is 2.30. The Morgan fingerprint density at radius 3 is 2.58 bits per heavy atom. The summed E-state index contributed by atoms with van der Waals surface area (Å²) < 4.78 is 1.60. The van der Waals surface area contributed by atoms with Crippen molar-refractivity contribution in [3.63, 3.8) is 0 Å². The number of carboxylic acids is 1. The van der Waals surface area contributed by atoms with E-state index in [4.69, 9.17) is 5.11 Å². The van der Waals surface area contributed by atoms with Gasteiger partial charge < -0.3 is 10.4 Å². The molecule has 1 fully saturated rings. The molecule has 19 heavy (non-hydrogen) atoms. The van der Waals surface area contributed by atoms with Crippen LogP contribution >= 0.6 is 0 Å². The number of aliphatic carboxylic acids is 1. The quantitative estimate of drug-likeness (QED) is 0.765. The van der Waals surface area contributed by atoms with Gasteiger partial charge in [0.05, 0.1) is 5.92 Å². The Hall–Kier alpha value is -2.05. The third kappa shape index (κ3) is 3.70. The fraction of sp³-hybridized carbons (Fsp3) is 0.583. The van der Waals surface area contributed by atoms with E-state index in [1.54, 1.807) is 24.0 Å². The summed E-state index contributed by atoms with van der Waals surface area (Å²) in [5, 5.41) is 18.4. The molecule has 0 radical (unpaired) electrons. The Labute approximate surface area is 111 Å². The van der Waals surface area contributed by atoms with Gasteiger partial charge >= 0.3 is 12.0 Å². The van der Waals surface area contributed by atoms with Gasteiger partial charge in [0.25, 0.3) is 0 Å². The molecule has 0 atom stereocenters. The van der Waals surface area contributed by atoms with Gasteiger partial charge in [0.2, 0.25) is 0 Å². The van der Waals surface area contributed by atoms with E-state index in [-0.39, 0.29) is 18.0 Å². The molecule has 2 amide bonds. The van der Waals surface area contributed by atoms with E-state index in [0.717, 1.165) is 0 Å². The number of nitrogens with zero attached hydrogens (tertiary/aromatic N) is 2. The maximum atomic E-state index is 11.7. The molecule has 0 bridgehead atoms. The van der Waals surface area contributed by atoms with E-state index in [2.05, 4.69) is 15.7 Å². The van der Waals surface area contributed by atoms with Gasteiger partial charge in [0, 0.05) is 25.4 Å². The summed E-state index contributed by atoms with van der Waals surface area (Å²) in [4.78, 5) is 22.5. The highest BCUT2D eigenvalue weighted by atomic mass is 16.4. The van der Waals surface area contributed by atoms with E-state index < -0.39 is 5.97 Å². The largest absolute Gasteiger partial charge is 0.481 e. The molecule has 0 unspecified atom stereocenters. The minimum Gasteiger partial charge on any atom is -0.481 e. The minimum absolute atomic E-state index is 0.0410. The molecule has 1 aromatic rings. The number of hydrogen-bond donors (Lipinski definition) is 3. The lowest BCUT2D eigenvalue weighted by Crippen LogP contribution is -2.41. The van der Waals surface area contributed by atoms with E-state index in [0.29, 0.717) is 31.5 Å². The number of hydrogen-bond acceptors (Lipinski definition) is 3. The van der Waals surface area contributed by atoms with Crippen LogP contribution in [0.5, 0.6) is 0 Å². The van der Waals surface area contributed by atoms with Gasteiger partial charge in [-0.1, -0.05) is 0 Å². The predicted molar refractivity (Wildman–Crippen MR) is 68.7 cm³/mol. The maximum Gasteiger partial charge on any atom is 0.320 e. The van der Waals surface area contributed by atoms with Crippen LogP contribution in [-0.2, 0) is 11.8 Å². The zero-order valence-electron chi connectivity index (χ0n) is 10.8. The van der Waals surface area contributed by atoms with Crippen molar-refractivity contribution in [2.75, 3.05) is 5.32 Å². The molecule has 1 saturated carbocycles. The van der Waals surface area contributed by atoms with Crippen LogP contribution in [0, 0.1) is 5.92 Å². The normalized spacial score (nSPS) is 22.8. The molecule has 7 nitrogen and oxygen atoms in total. The SMILES string of the molecule is Cn1ccc(NC(=O)NC2CCC(C(=O)O)CC2)n1. The Morgan fingerprint density at radius 1 is 1.37 bits per heavy atom. The third-order valence-electron chi connectivity index (χ3n) is 3.37. The van der Waals surface area contributed by atoms with Gasteiger partial charge in [-0.2, -0.15) is 5.10 Å². The van der Waals surface area contributed by atoms with E-state index >= 15 is 0 Å². The Balaban J connectivity index is 1.76. The van der Waals surface area contributed by atoms with Crippen LogP contribution in [0.25, 0.3) is 0 Å². The van der Waals surface area contributed by atoms with Crippen molar-refractivity contribution in [2.24, 2.45) is 13.0 Å². The van der Waals surface area contributed by atoms with E-state index in [1.165, 1.54) is 0 Å². The number of rotatable bonds is 3. The molecule has 1 aliphatic carbocycles. The van der Waals surface area contributed by atoms with Crippen molar-refractivity contribution in [2.45, 2.75) is 31.7 Å². The summed E-state index contributed by atoms with van der Waals surface area (Å²) in [6.07, 6.45) is 4.38. The minimum atomic E-state index is -0.739. The van der Waals surface area contributed by atoms with Crippen LogP contribution in [-0.4, -0.2) is 32.9 Å². The van der Waals surface area contributed by atoms with Crippen LogP contribution in [0.15, 0.2) is 12.3 Å². The molecule has 0 spiro atoms. The van der Waals surface area contributed by atoms with Crippen LogP contribution in [0.4, 0.5) is 10.6 Å².